The van der Waals surface area contributed by atoms with Crippen LogP contribution in [0.25, 0.3) is 0 Å². The third-order valence-corrected chi connectivity index (χ3v) is 6.42. The van der Waals surface area contributed by atoms with Crippen molar-refractivity contribution in [2.75, 3.05) is 31.1 Å². The lowest BCUT2D eigenvalue weighted by molar-refractivity contribution is 0.0746. The van der Waals surface area contributed by atoms with Crippen molar-refractivity contribution < 1.29 is 18.4 Å². The molecule has 0 unspecified atom stereocenters. The van der Waals surface area contributed by atoms with Crippen LogP contribution in [0.5, 0.6) is 0 Å². The fraction of sp³-hybridized carbons (Fsp3) is 0.250. The third-order valence-electron chi connectivity index (χ3n) is 6.06. The van der Waals surface area contributed by atoms with Crippen molar-refractivity contribution >= 4 is 34.7 Å². The third kappa shape index (κ3) is 6.79. The molecule has 1 aliphatic heterocycles. The van der Waals surface area contributed by atoms with E-state index in [4.69, 9.17) is 23.3 Å². The second kappa shape index (κ2) is 13.5. The van der Waals surface area contributed by atoms with Gasteiger partial charge in [-0.05, 0) is 42.0 Å². The van der Waals surface area contributed by atoms with E-state index < -0.39 is 23.1 Å². The topological polar surface area (TPSA) is 115 Å². The minimum absolute atomic E-state index is 0.0566. The van der Waals surface area contributed by atoms with Crippen molar-refractivity contribution in [2.45, 2.75) is 20.3 Å². The molecule has 0 atom stereocenters. The van der Waals surface area contributed by atoms with Crippen LogP contribution in [0.1, 0.15) is 51.3 Å². The van der Waals surface area contributed by atoms with Crippen LogP contribution in [0.3, 0.4) is 0 Å². The monoisotopic (exact) mass is 550 g/mol. The number of hydrogen-bond donors (Lipinski definition) is 2. The highest BCUT2D eigenvalue weighted by molar-refractivity contribution is 7.80. The van der Waals surface area contributed by atoms with Crippen molar-refractivity contribution in [3.8, 4) is 6.07 Å². The Kier molecular flexibility index (Phi) is 10.1. The predicted octanol–water partition coefficient (Wildman–Crippen LogP) is 3.78. The fourth-order valence-corrected chi connectivity index (χ4v) is 4.47. The Morgan fingerprint density at radius 3 is 2.44 bits per heavy atom. The zero-order valence-corrected chi connectivity index (χ0v) is 22.4. The van der Waals surface area contributed by atoms with E-state index in [1.807, 2.05) is 25.3 Å². The molecule has 202 valence electrons. The molecule has 11 heteroatoms. The number of nitrogens with two attached hydrogens (primary N) is 1. The van der Waals surface area contributed by atoms with Gasteiger partial charge >= 0.3 is 0 Å². The van der Waals surface area contributed by atoms with Crippen molar-refractivity contribution in [1.29, 1.82) is 5.26 Å². The van der Waals surface area contributed by atoms with E-state index >= 15 is 0 Å². The van der Waals surface area contributed by atoms with Crippen molar-refractivity contribution in [2.24, 2.45) is 5.84 Å². The summed E-state index contributed by atoms with van der Waals surface area (Å²) < 4.78 is 28.0. The Bertz CT molecular complexity index is 1400. The van der Waals surface area contributed by atoms with Gasteiger partial charge in [-0.3, -0.25) is 15.0 Å². The number of hydrazine groups is 1. The average molecular weight is 551 g/mol. The largest absolute Gasteiger partial charge is 0.353 e. The number of piperazine rings is 1. The first kappa shape index (κ1) is 29.3. The number of carbonyl (C=O) groups excluding carboxylic acids is 2. The van der Waals surface area contributed by atoms with Crippen LogP contribution in [0.15, 0.2) is 54.7 Å². The van der Waals surface area contributed by atoms with Gasteiger partial charge in [-0.1, -0.05) is 38.2 Å². The molecule has 1 aromatic heterocycles. The molecule has 0 aliphatic carbocycles. The summed E-state index contributed by atoms with van der Waals surface area (Å²) in [6.07, 6.45) is 1.65. The number of thiocarbonyl (C=S) groups is 1. The average Bonchev–Trinajstić information content (AvgIpc) is 2.99. The lowest BCUT2D eigenvalue weighted by Crippen LogP contribution is -2.49. The highest BCUT2D eigenvalue weighted by Gasteiger charge is 2.24. The predicted molar refractivity (Wildman–Crippen MR) is 148 cm³/mol. The molecule has 4 rings (SSSR count). The summed E-state index contributed by atoms with van der Waals surface area (Å²) in [6.45, 7) is 6.18. The molecular formula is C28H28F2N6O2S. The van der Waals surface area contributed by atoms with Gasteiger partial charge in [0.25, 0.3) is 11.8 Å². The van der Waals surface area contributed by atoms with Gasteiger partial charge in [0, 0.05) is 54.8 Å². The van der Waals surface area contributed by atoms with Gasteiger partial charge in [0.1, 0.15) is 11.9 Å². The molecule has 1 saturated heterocycles. The normalized spacial score (nSPS) is 12.6. The van der Waals surface area contributed by atoms with E-state index in [-0.39, 0.29) is 22.8 Å². The Morgan fingerprint density at radius 2 is 1.82 bits per heavy atom. The molecule has 3 aromatic rings. The number of rotatable bonds is 6. The number of hydrogen-bond acceptors (Lipinski definition) is 7. The molecular weight excluding hydrogens is 522 g/mol. The fourth-order valence-electron chi connectivity index (χ4n) is 4.13. The zero-order valence-electron chi connectivity index (χ0n) is 21.6. The maximum atomic E-state index is 14.3. The zero-order chi connectivity index (χ0) is 28.5. The van der Waals surface area contributed by atoms with E-state index in [0.29, 0.717) is 42.9 Å². The number of nitrogen functional groups attached to an aromatic ring is 1. The van der Waals surface area contributed by atoms with Crippen molar-refractivity contribution in [3.05, 3.63) is 94.2 Å². The molecule has 8 nitrogen and oxygen atoms in total. The van der Waals surface area contributed by atoms with Crippen LogP contribution in [-0.4, -0.2) is 52.7 Å². The van der Waals surface area contributed by atoms with E-state index in [1.165, 1.54) is 12.3 Å². The summed E-state index contributed by atoms with van der Waals surface area (Å²) in [6, 6.07) is 14.6. The number of nitrogens with zero attached hydrogens (tertiary/aromatic N) is 4. The van der Waals surface area contributed by atoms with E-state index in [1.54, 1.807) is 41.3 Å². The summed E-state index contributed by atoms with van der Waals surface area (Å²) in [5, 5.41) is 8.93. The Balaban J connectivity index is 0.00000205. The number of benzene rings is 2. The van der Waals surface area contributed by atoms with Gasteiger partial charge in [0.15, 0.2) is 11.6 Å². The molecule has 0 spiro atoms. The van der Waals surface area contributed by atoms with Gasteiger partial charge in [-0.15, -0.1) is 0 Å². The smallest absolute Gasteiger partial charge is 0.268 e. The second-order valence-electron chi connectivity index (χ2n) is 8.35. The lowest BCUT2D eigenvalue weighted by atomic mass is 9.97. The molecule has 1 fully saturated rings. The van der Waals surface area contributed by atoms with E-state index in [9.17, 15) is 18.4 Å². The molecule has 0 bridgehead atoms. The SMILES string of the molecule is CC.N#Cc1ccc(N2CCN(C(=O)c3cccc(CC(=S)c4ccc(F)c(F)c4C(=O)NN)c3)CC2)nc1. The Labute approximate surface area is 231 Å². The quantitative estimate of drug-likeness (QED) is 0.158. The van der Waals surface area contributed by atoms with Gasteiger partial charge in [0.2, 0.25) is 0 Å². The summed E-state index contributed by atoms with van der Waals surface area (Å²) in [4.78, 5) is 33.5. The number of amides is 2. The van der Waals surface area contributed by atoms with Crippen LogP contribution in [0.4, 0.5) is 14.6 Å². The molecule has 39 heavy (non-hydrogen) atoms. The maximum Gasteiger partial charge on any atom is 0.268 e. The summed E-state index contributed by atoms with van der Waals surface area (Å²) >= 11 is 5.43. The summed E-state index contributed by atoms with van der Waals surface area (Å²) in [5.74, 6) is 2.23. The first-order valence-electron chi connectivity index (χ1n) is 12.3. The van der Waals surface area contributed by atoms with E-state index in [0.717, 1.165) is 11.9 Å². The highest BCUT2D eigenvalue weighted by Crippen LogP contribution is 2.21. The molecule has 3 N–H and O–H groups in total. The van der Waals surface area contributed by atoms with E-state index in [2.05, 4.69) is 9.88 Å². The standard InChI is InChI=1S/C26H22F2N6O2S.C2H6/c27-20-6-5-19(23(24(20)28)25(35)32-30)21(37)13-16-2-1-3-18(12-16)26(36)34-10-8-33(9-11-34)22-7-4-17(14-29)15-31-22;1-2/h1-7,12,15H,8-11,13,30H2,(H,32,35);1-2H3. The number of nitrogens with one attached hydrogen (secondary N) is 1. The van der Waals surface area contributed by atoms with Crippen molar-refractivity contribution in [3.63, 3.8) is 0 Å². The molecule has 1 aliphatic rings. The Morgan fingerprint density at radius 1 is 1.10 bits per heavy atom. The van der Waals surface area contributed by atoms with Crippen LogP contribution < -0.4 is 16.2 Å². The summed E-state index contributed by atoms with van der Waals surface area (Å²) in [5.41, 5.74) is 2.94. The number of nitriles is 1. The van der Waals surface area contributed by atoms with Gasteiger partial charge in [-0.25, -0.2) is 19.6 Å². The van der Waals surface area contributed by atoms with Crippen LogP contribution >= 0.6 is 12.2 Å². The number of carbonyl (C=O) groups is 2. The molecule has 0 radical (unpaired) electrons. The number of anilines is 1. The van der Waals surface area contributed by atoms with Gasteiger partial charge < -0.3 is 9.80 Å². The van der Waals surface area contributed by atoms with Crippen LogP contribution in [0.2, 0.25) is 0 Å². The van der Waals surface area contributed by atoms with Crippen molar-refractivity contribution in [1.82, 2.24) is 15.3 Å². The minimum atomic E-state index is -1.33. The summed E-state index contributed by atoms with van der Waals surface area (Å²) in [7, 11) is 0. The second-order valence-corrected chi connectivity index (χ2v) is 8.85. The molecule has 0 saturated carbocycles. The lowest BCUT2D eigenvalue weighted by Gasteiger charge is -2.35. The molecule has 2 aromatic carbocycles. The first-order chi connectivity index (χ1) is 18.8. The van der Waals surface area contributed by atoms with Crippen LogP contribution in [-0.2, 0) is 6.42 Å². The number of aromatic nitrogens is 1. The Hall–Kier alpha value is -4.27. The van der Waals surface area contributed by atoms with Gasteiger partial charge in [0.05, 0.1) is 11.1 Å². The maximum absolute atomic E-state index is 14.3. The first-order valence-corrected chi connectivity index (χ1v) is 12.7. The van der Waals surface area contributed by atoms with Gasteiger partial charge in [-0.2, -0.15) is 5.26 Å². The van der Waals surface area contributed by atoms with Crippen LogP contribution in [0, 0.1) is 23.0 Å². The minimum Gasteiger partial charge on any atom is -0.353 e. The molecule has 2 amide bonds. The number of halogens is 2. The molecule has 2 heterocycles. The highest BCUT2D eigenvalue weighted by atomic mass is 32.1. The number of pyridine rings is 1.